The Bertz CT molecular complexity index is 854. The largest absolute Gasteiger partial charge is 0.478 e. The van der Waals surface area contributed by atoms with Gasteiger partial charge in [-0.3, -0.25) is 4.79 Å². The second-order valence-corrected chi connectivity index (χ2v) is 8.67. The van der Waals surface area contributed by atoms with E-state index in [1.165, 1.54) is 32.1 Å². The van der Waals surface area contributed by atoms with Crippen molar-refractivity contribution in [2.75, 3.05) is 0 Å². The third kappa shape index (κ3) is 8.14. The fraction of sp³-hybridized carbons (Fsp3) is 0.500. The maximum atomic E-state index is 12.1. The van der Waals surface area contributed by atoms with Crippen LogP contribution in [-0.2, 0) is 4.79 Å². The molecule has 0 fully saturated rings. The first-order valence-electron chi connectivity index (χ1n) is 12.1. The first-order valence-corrected chi connectivity index (χ1v) is 12.1. The van der Waals surface area contributed by atoms with Crippen molar-refractivity contribution in [3.8, 4) is 16.9 Å². The van der Waals surface area contributed by atoms with Crippen molar-refractivity contribution in [1.82, 2.24) is 0 Å². The molecule has 0 bridgehead atoms. The van der Waals surface area contributed by atoms with Crippen LogP contribution >= 0.6 is 0 Å². The van der Waals surface area contributed by atoms with E-state index in [0.717, 1.165) is 42.4 Å². The molecule has 0 radical (unpaired) electrons. The van der Waals surface area contributed by atoms with Crippen molar-refractivity contribution in [2.24, 2.45) is 0 Å². The number of aromatic carboxylic acids is 1. The van der Waals surface area contributed by atoms with E-state index >= 15 is 0 Å². The first-order chi connectivity index (χ1) is 15.5. The Morgan fingerprint density at radius 1 is 0.875 bits per heavy atom. The van der Waals surface area contributed by atoms with E-state index in [9.17, 15) is 14.7 Å². The molecule has 0 aliphatic heterocycles. The van der Waals surface area contributed by atoms with E-state index in [1.54, 1.807) is 12.1 Å². The average molecular weight is 439 g/mol. The molecule has 0 aliphatic rings. The highest BCUT2D eigenvalue weighted by atomic mass is 16.5. The number of ether oxygens (including phenoxy) is 1. The van der Waals surface area contributed by atoms with Crippen molar-refractivity contribution >= 4 is 11.9 Å². The molecule has 4 nitrogen and oxygen atoms in total. The number of carbonyl (C=O) groups is 2. The Labute approximate surface area is 193 Å². The van der Waals surface area contributed by atoms with Crippen LogP contribution in [0.25, 0.3) is 11.1 Å². The molecule has 4 heteroatoms. The lowest BCUT2D eigenvalue weighted by atomic mass is 9.88. The molecule has 0 saturated carbocycles. The van der Waals surface area contributed by atoms with Gasteiger partial charge in [-0.25, -0.2) is 4.79 Å². The molecule has 1 N–H and O–H groups in total. The summed E-state index contributed by atoms with van der Waals surface area (Å²) in [6.45, 7) is 6.48. The molecule has 32 heavy (non-hydrogen) atoms. The van der Waals surface area contributed by atoms with E-state index in [0.29, 0.717) is 17.7 Å². The molecule has 0 spiro atoms. The van der Waals surface area contributed by atoms with E-state index in [4.69, 9.17) is 4.74 Å². The molecule has 2 aromatic rings. The van der Waals surface area contributed by atoms with E-state index in [-0.39, 0.29) is 11.9 Å². The highest BCUT2D eigenvalue weighted by Crippen LogP contribution is 2.33. The highest BCUT2D eigenvalue weighted by Gasteiger charge is 2.15. The number of unbranched alkanes of at least 4 members (excludes halogenated alkanes) is 6. The standard InChI is InChI=1S/C28H38O4/c1-4-6-7-8-9-10-11-13-27(29)32-24-17-14-22(15-18-24)25-19-16-23(28(30)31)20-26(25)21(3)12-5-2/h14-21H,4-13H2,1-3H3,(H,30,31)/t21-/m0/s1. The summed E-state index contributed by atoms with van der Waals surface area (Å²) in [5, 5.41) is 9.38. The summed E-state index contributed by atoms with van der Waals surface area (Å²) in [7, 11) is 0. The van der Waals surface area contributed by atoms with Crippen LogP contribution in [0, 0.1) is 0 Å². The molecule has 174 valence electrons. The van der Waals surface area contributed by atoms with Gasteiger partial charge in [-0.1, -0.05) is 83.9 Å². The second kappa shape index (κ2) is 13.7. The van der Waals surface area contributed by atoms with Crippen LogP contribution in [-0.4, -0.2) is 17.0 Å². The summed E-state index contributed by atoms with van der Waals surface area (Å²) >= 11 is 0. The Morgan fingerprint density at radius 3 is 2.16 bits per heavy atom. The lowest BCUT2D eigenvalue weighted by molar-refractivity contribution is -0.134. The summed E-state index contributed by atoms with van der Waals surface area (Å²) in [5.74, 6) is -0.292. The van der Waals surface area contributed by atoms with E-state index < -0.39 is 5.97 Å². The summed E-state index contributed by atoms with van der Waals surface area (Å²) in [6.07, 6.45) is 10.7. The zero-order valence-corrected chi connectivity index (χ0v) is 19.9. The number of carbonyl (C=O) groups excluding carboxylic acids is 1. The van der Waals surface area contributed by atoms with Crippen molar-refractivity contribution in [3.05, 3.63) is 53.6 Å². The third-order valence-corrected chi connectivity index (χ3v) is 5.93. The van der Waals surface area contributed by atoms with Crippen LogP contribution in [0.15, 0.2) is 42.5 Å². The number of rotatable bonds is 14. The maximum Gasteiger partial charge on any atom is 0.335 e. The van der Waals surface area contributed by atoms with Gasteiger partial charge in [0.1, 0.15) is 5.75 Å². The van der Waals surface area contributed by atoms with Crippen LogP contribution in [0.4, 0.5) is 0 Å². The summed E-state index contributed by atoms with van der Waals surface area (Å²) in [4.78, 5) is 23.6. The maximum absolute atomic E-state index is 12.1. The molecule has 0 heterocycles. The lowest BCUT2D eigenvalue weighted by Gasteiger charge is -2.17. The third-order valence-electron chi connectivity index (χ3n) is 5.93. The molecule has 0 saturated heterocycles. The van der Waals surface area contributed by atoms with Gasteiger partial charge in [0.2, 0.25) is 0 Å². The van der Waals surface area contributed by atoms with Crippen LogP contribution in [0.2, 0.25) is 0 Å². The molecule has 2 rings (SSSR count). The predicted molar refractivity (Wildman–Crippen MR) is 130 cm³/mol. The minimum absolute atomic E-state index is 0.186. The van der Waals surface area contributed by atoms with Crippen LogP contribution in [0.3, 0.4) is 0 Å². The molecule has 0 amide bonds. The minimum Gasteiger partial charge on any atom is -0.478 e. The smallest absolute Gasteiger partial charge is 0.335 e. The van der Waals surface area contributed by atoms with Crippen LogP contribution < -0.4 is 4.74 Å². The molecule has 2 aromatic carbocycles. The van der Waals surface area contributed by atoms with E-state index in [1.807, 2.05) is 30.3 Å². The van der Waals surface area contributed by atoms with Crippen molar-refractivity contribution in [3.63, 3.8) is 0 Å². The quantitative estimate of drug-likeness (QED) is 0.184. The number of hydrogen-bond acceptors (Lipinski definition) is 3. The summed E-state index contributed by atoms with van der Waals surface area (Å²) in [5.41, 5.74) is 3.36. The summed E-state index contributed by atoms with van der Waals surface area (Å²) in [6, 6.07) is 12.8. The Balaban J connectivity index is 1.98. The van der Waals surface area contributed by atoms with Gasteiger partial charge in [-0.05, 0) is 59.7 Å². The van der Waals surface area contributed by atoms with Crippen LogP contribution in [0.5, 0.6) is 5.75 Å². The monoisotopic (exact) mass is 438 g/mol. The highest BCUT2D eigenvalue weighted by molar-refractivity contribution is 5.89. The number of esters is 1. The fourth-order valence-corrected chi connectivity index (χ4v) is 4.07. The second-order valence-electron chi connectivity index (χ2n) is 8.67. The normalized spacial score (nSPS) is 11.8. The minimum atomic E-state index is -0.912. The Hall–Kier alpha value is -2.62. The summed E-state index contributed by atoms with van der Waals surface area (Å²) < 4.78 is 5.50. The fourth-order valence-electron chi connectivity index (χ4n) is 4.07. The Kier molecular flexibility index (Phi) is 11.0. The molecule has 0 unspecified atom stereocenters. The van der Waals surface area contributed by atoms with Crippen LogP contribution in [0.1, 0.15) is 107 Å². The van der Waals surface area contributed by atoms with Gasteiger partial charge < -0.3 is 9.84 Å². The van der Waals surface area contributed by atoms with Gasteiger partial charge in [0.25, 0.3) is 0 Å². The molecule has 1 atom stereocenters. The van der Waals surface area contributed by atoms with Crippen molar-refractivity contribution in [1.29, 1.82) is 0 Å². The van der Waals surface area contributed by atoms with Gasteiger partial charge in [0.15, 0.2) is 0 Å². The number of carboxylic acids is 1. The van der Waals surface area contributed by atoms with E-state index in [2.05, 4.69) is 20.8 Å². The number of benzene rings is 2. The number of hydrogen-bond donors (Lipinski definition) is 1. The molecule has 0 aliphatic carbocycles. The Morgan fingerprint density at radius 2 is 1.53 bits per heavy atom. The van der Waals surface area contributed by atoms with Gasteiger partial charge in [0.05, 0.1) is 5.56 Å². The SMILES string of the molecule is CCCCCCCCCC(=O)Oc1ccc(-c2ccc(C(=O)O)cc2[C@@H](C)CCC)cc1. The van der Waals surface area contributed by atoms with Crippen molar-refractivity contribution in [2.45, 2.75) is 90.9 Å². The van der Waals surface area contributed by atoms with Gasteiger partial charge in [-0.2, -0.15) is 0 Å². The van der Waals surface area contributed by atoms with Gasteiger partial charge in [-0.15, -0.1) is 0 Å². The number of carboxylic acid groups (broad SMARTS) is 1. The van der Waals surface area contributed by atoms with Gasteiger partial charge >= 0.3 is 11.9 Å². The topological polar surface area (TPSA) is 63.6 Å². The first kappa shape index (κ1) is 25.6. The zero-order chi connectivity index (χ0) is 23.3. The van der Waals surface area contributed by atoms with Crippen molar-refractivity contribution < 1.29 is 19.4 Å². The molecular weight excluding hydrogens is 400 g/mol. The molecule has 0 aromatic heterocycles. The average Bonchev–Trinajstić information content (AvgIpc) is 2.78. The zero-order valence-electron chi connectivity index (χ0n) is 19.9. The molecular formula is C28H38O4. The lowest BCUT2D eigenvalue weighted by Crippen LogP contribution is -2.07. The predicted octanol–water partition coefficient (Wildman–Crippen LogP) is 8.00. The van der Waals surface area contributed by atoms with Gasteiger partial charge in [0, 0.05) is 6.42 Å².